The number of rotatable bonds is 6. The van der Waals surface area contributed by atoms with Crippen molar-refractivity contribution in [3.05, 3.63) is 64.5 Å². The maximum atomic E-state index is 14.7. The van der Waals surface area contributed by atoms with E-state index in [-0.39, 0.29) is 29.1 Å². The van der Waals surface area contributed by atoms with Gasteiger partial charge in [-0.05, 0) is 23.8 Å². The molecule has 0 saturated heterocycles. The molecule has 0 amide bonds. The molecule has 7 nitrogen and oxygen atoms in total. The number of benzene rings is 1. The van der Waals surface area contributed by atoms with Gasteiger partial charge in [-0.2, -0.15) is 13.2 Å². The monoisotopic (exact) mass is 468 g/mol. The topological polar surface area (TPSA) is 91.2 Å². The molecule has 1 aromatic heterocycles. The first-order valence-corrected chi connectivity index (χ1v) is 9.41. The average Bonchev–Trinajstić information content (AvgIpc) is 2.78. The summed E-state index contributed by atoms with van der Waals surface area (Å²) in [5.74, 6) is -1.54. The fourth-order valence-electron chi connectivity index (χ4n) is 3.45. The smallest absolute Gasteiger partial charge is 0.425 e. The Labute approximate surface area is 184 Å². The van der Waals surface area contributed by atoms with Crippen molar-refractivity contribution in [3.63, 3.8) is 0 Å². The van der Waals surface area contributed by atoms with Gasteiger partial charge in [-0.15, -0.1) is 0 Å². The van der Waals surface area contributed by atoms with Gasteiger partial charge < -0.3 is 15.2 Å². The number of nitrogens with two attached hydrogens (primary N) is 1. The Morgan fingerprint density at radius 1 is 1.39 bits per heavy atom. The van der Waals surface area contributed by atoms with Gasteiger partial charge in [0, 0.05) is 24.6 Å². The summed E-state index contributed by atoms with van der Waals surface area (Å²) in [7, 11) is 1.28. The van der Waals surface area contributed by atoms with Crippen molar-refractivity contribution in [2.75, 3.05) is 13.8 Å². The quantitative estimate of drug-likeness (QED) is 0.393. The summed E-state index contributed by atoms with van der Waals surface area (Å²) < 4.78 is 78.0. The van der Waals surface area contributed by atoms with Gasteiger partial charge in [0.25, 0.3) is 6.02 Å². The minimum Gasteiger partial charge on any atom is -0.496 e. The van der Waals surface area contributed by atoms with E-state index in [0.29, 0.717) is 0 Å². The Hall–Kier alpha value is -3.75. The van der Waals surface area contributed by atoms with Crippen molar-refractivity contribution < 1.29 is 36.2 Å². The third-order valence-corrected chi connectivity index (χ3v) is 5.04. The number of hydrogen-bond donors (Lipinski definition) is 1. The highest BCUT2D eigenvalue weighted by atomic mass is 19.4. The number of aromatic nitrogens is 1. The number of Topliss-reactive ketones (excluding diaryl/α,β-unsaturated/α-hetero) is 1. The van der Waals surface area contributed by atoms with Crippen LogP contribution < -0.4 is 10.5 Å². The van der Waals surface area contributed by atoms with Crippen LogP contribution in [0.5, 0.6) is 5.75 Å². The van der Waals surface area contributed by atoms with E-state index in [9.17, 15) is 26.7 Å². The second kappa shape index (κ2) is 9.01. The zero-order valence-electron chi connectivity index (χ0n) is 17.1. The molecule has 0 unspecified atom stereocenters. The van der Waals surface area contributed by atoms with Crippen LogP contribution in [0.4, 0.5) is 27.6 Å². The largest absolute Gasteiger partial charge is 0.496 e. The molecule has 174 valence electrons. The molecule has 0 fully saturated rings. The van der Waals surface area contributed by atoms with Crippen LogP contribution in [0.1, 0.15) is 28.0 Å². The van der Waals surface area contributed by atoms with E-state index in [1.165, 1.54) is 25.4 Å². The van der Waals surface area contributed by atoms with Crippen LogP contribution in [-0.2, 0) is 16.7 Å². The summed E-state index contributed by atoms with van der Waals surface area (Å²) in [6.45, 7) is 5.52. The molecule has 2 N–H and O–H groups in total. The van der Waals surface area contributed by atoms with Crippen molar-refractivity contribution in [1.29, 1.82) is 0 Å². The van der Waals surface area contributed by atoms with Gasteiger partial charge in [0.2, 0.25) is 5.69 Å². The lowest BCUT2D eigenvalue weighted by Gasteiger charge is -2.36. The molecule has 0 aliphatic carbocycles. The Balaban J connectivity index is 1.98. The molecule has 0 spiro atoms. The molecule has 1 aliphatic rings. The molecule has 33 heavy (non-hydrogen) atoms. The van der Waals surface area contributed by atoms with Crippen LogP contribution >= 0.6 is 0 Å². The number of amidine groups is 1. The lowest BCUT2D eigenvalue weighted by molar-refractivity contribution is -0.209. The number of nitrogens with zero attached hydrogens (tertiary/aromatic N) is 3. The van der Waals surface area contributed by atoms with Gasteiger partial charge in [0.1, 0.15) is 29.5 Å². The molecule has 0 radical (unpaired) electrons. The second-order valence-corrected chi connectivity index (χ2v) is 7.24. The number of pyridine rings is 1. The first kappa shape index (κ1) is 23.9. The highest BCUT2D eigenvalue weighted by Gasteiger charge is 2.52. The number of carbonyl (C=O) groups excluding carboxylic acids is 1. The third-order valence-electron chi connectivity index (χ3n) is 5.04. The summed E-state index contributed by atoms with van der Waals surface area (Å²) >= 11 is 0. The molecule has 1 aromatic carbocycles. The molecular weight excluding hydrogens is 451 g/mol. The highest BCUT2D eigenvalue weighted by molar-refractivity contribution is 5.98. The normalized spacial score (nSPS) is 20.4. The first-order chi connectivity index (χ1) is 15.5. The minimum atomic E-state index is -4.88. The molecule has 2 heterocycles. The Bertz CT molecular complexity index is 1150. The molecule has 0 saturated carbocycles. The summed E-state index contributed by atoms with van der Waals surface area (Å²) in [6.07, 6.45) is -7.58. The van der Waals surface area contributed by atoms with Crippen molar-refractivity contribution in [1.82, 2.24) is 4.98 Å². The second-order valence-electron chi connectivity index (χ2n) is 7.24. The molecule has 0 bridgehead atoms. The maximum Gasteiger partial charge on any atom is 0.425 e. The van der Waals surface area contributed by atoms with Crippen molar-refractivity contribution in [2.45, 2.75) is 30.7 Å². The van der Waals surface area contributed by atoms with Gasteiger partial charge in [0.15, 0.2) is 11.9 Å². The Morgan fingerprint density at radius 3 is 2.73 bits per heavy atom. The van der Waals surface area contributed by atoms with Crippen LogP contribution in [0.15, 0.2) is 35.5 Å². The Morgan fingerprint density at radius 2 is 2.12 bits per heavy atom. The van der Waals surface area contributed by atoms with E-state index < -0.39 is 54.1 Å². The molecular formula is C21H17F5N4O3. The molecule has 2 aromatic rings. The van der Waals surface area contributed by atoms with Crippen LogP contribution in [0.25, 0.3) is 4.85 Å². The highest BCUT2D eigenvalue weighted by Crippen LogP contribution is 2.41. The number of alkyl halides is 4. The van der Waals surface area contributed by atoms with Crippen LogP contribution in [-0.4, -0.2) is 42.9 Å². The summed E-state index contributed by atoms with van der Waals surface area (Å²) in [4.78, 5) is 23.5. The molecule has 1 aliphatic heterocycles. The van der Waals surface area contributed by atoms with Crippen molar-refractivity contribution in [2.24, 2.45) is 10.7 Å². The molecule has 12 heteroatoms. The van der Waals surface area contributed by atoms with Crippen LogP contribution in [0, 0.1) is 12.4 Å². The minimum absolute atomic E-state index is 0.0471. The molecule has 3 rings (SSSR count). The van der Waals surface area contributed by atoms with Crippen molar-refractivity contribution in [3.8, 4) is 5.75 Å². The number of ether oxygens (including phenoxy) is 2. The molecule has 2 atom stereocenters. The van der Waals surface area contributed by atoms with Gasteiger partial charge in [-0.25, -0.2) is 18.6 Å². The zero-order chi connectivity index (χ0) is 24.4. The van der Waals surface area contributed by atoms with Crippen LogP contribution in [0.3, 0.4) is 0 Å². The summed E-state index contributed by atoms with van der Waals surface area (Å²) in [6, 6.07) is 3.61. The van der Waals surface area contributed by atoms with Crippen molar-refractivity contribution >= 4 is 17.5 Å². The van der Waals surface area contributed by atoms with Crippen LogP contribution in [0.2, 0.25) is 0 Å². The van der Waals surface area contributed by atoms with Gasteiger partial charge in [-0.3, -0.25) is 9.78 Å². The van der Waals surface area contributed by atoms with Gasteiger partial charge >= 0.3 is 6.18 Å². The van der Waals surface area contributed by atoms with E-state index >= 15 is 0 Å². The number of hydrogen-bond acceptors (Lipinski definition) is 6. The third kappa shape index (κ3) is 4.87. The number of carbonyl (C=O) groups is 1. The summed E-state index contributed by atoms with van der Waals surface area (Å²) in [5, 5.41) is 0. The predicted octanol–water partition coefficient (Wildman–Crippen LogP) is 4.04. The predicted molar refractivity (Wildman–Crippen MR) is 106 cm³/mol. The van der Waals surface area contributed by atoms with E-state index in [1.807, 2.05) is 0 Å². The lowest BCUT2D eigenvalue weighted by Crippen LogP contribution is -2.48. The van der Waals surface area contributed by atoms with E-state index in [4.69, 9.17) is 17.0 Å². The van der Waals surface area contributed by atoms with E-state index in [1.54, 1.807) is 0 Å². The standard InChI is InChI=1S/C21H17F5N4O3/c1-28-12-7-16(32-2)18(29-9-12)15(31)6-11-3-4-14(23)13(5-11)20(10-22)8-17(21(24,25)26)33-19(27)30-20/h3-5,7,9,17H,6,8,10H2,2H3,(H2,27,30)/t17-,20+/m0/s1. The van der Waals surface area contributed by atoms with E-state index in [0.717, 1.165) is 12.1 Å². The zero-order valence-corrected chi connectivity index (χ0v) is 17.1. The number of aliphatic imine (C=N–C) groups is 1. The average molecular weight is 468 g/mol. The number of methoxy groups -OCH3 is 1. The fourth-order valence-corrected chi connectivity index (χ4v) is 3.45. The number of halogens is 5. The van der Waals surface area contributed by atoms with Gasteiger partial charge in [0.05, 0.1) is 13.7 Å². The SMILES string of the molecule is [C-]#[N+]c1cnc(C(=O)Cc2ccc(F)c([C@]3(CF)C[C@@H](C(F)(F)F)OC(N)=N3)c2)c(OC)c1. The lowest BCUT2D eigenvalue weighted by atomic mass is 9.83. The van der Waals surface area contributed by atoms with Gasteiger partial charge in [-0.1, -0.05) is 6.07 Å². The fraction of sp³-hybridized carbons (Fsp3) is 0.333. The Kier molecular flexibility index (Phi) is 6.53. The van der Waals surface area contributed by atoms with E-state index in [2.05, 4.69) is 19.6 Å². The number of ketones is 1. The maximum absolute atomic E-state index is 14.7. The first-order valence-electron chi connectivity index (χ1n) is 9.41. The summed E-state index contributed by atoms with van der Waals surface area (Å²) in [5.41, 5.74) is 2.81.